The molecule has 3 heterocycles. The van der Waals surface area contributed by atoms with Crippen LogP contribution in [0.2, 0.25) is 0 Å². The van der Waals surface area contributed by atoms with Gasteiger partial charge in [0, 0.05) is 11.1 Å². The van der Waals surface area contributed by atoms with Crippen LogP contribution in [-0.2, 0) is 6.54 Å². The molecule has 0 aliphatic carbocycles. The number of benzene rings is 2. The summed E-state index contributed by atoms with van der Waals surface area (Å²) < 4.78 is 1.83. The first kappa shape index (κ1) is 20.6. The summed E-state index contributed by atoms with van der Waals surface area (Å²) in [5.41, 5.74) is 3.71. The van der Waals surface area contributed by atoms with Gasteiger partial charge in [-0.2, -0.15) is 0 Å². The van der Waals surface area contributed by atoms with Gasteiger partial charge in [-0.3, -0.25) is 9.69 Å². The zero-order chi connectivity index (χ0) is 22.1. The SMILES string of the molecule is Cc1ccc2cc(C(c3nnnn3Cc3ccccc3)N3CCC(C)CC3)c(=O)[nH]c2c1. The first-order valence-corrected chi connectivity index (χ1v) is 11.3. The van der Waals surface area contributed by atoms with Crippen molar-refractivity contribution in [2.75, 3.05) is 13.1 Å². The molecule has 7 nitrogen and oxygen atoms in total. The van der Waals surface area contributed by atoms with E-state index in [0.29, 0.717) is 23.9 Å². The number of nitrogens with one attached hydrogen (secondary N) is 1. The Morgan fingerprint density at radius 1 is 1.09 bits per heavy atom. The monoisotopic (exact) mass is 428 g/mol. The molecule has 7 heteroatoms. The number of aromatic amines is 1. The molecule has 0 radical (unpaired) electrons. The second-order valence-electron chi connectivity index (χ2n) is 8.95. The van der Waals surface area contributed by atoms with Crippen LogP contribution < -0.4 is 5.56 Å². The number of pyridine rings is 1. The third-order valence-electron chi connectivity index (χ3n) is 6.49. The molecular formula is C25H28N6O. The molecule has 1 atom stereocenters. The van der Waals surface area contributed by atoms with Crippen molar-refractivity contribution in [3.63, 3.8) is 0 Å². The molecule has 1 aliphatic heterocycles. The van der Waals surface area contributed by atoms with Crippen LogP contribution in [0.5, 0.6) is 0 Å². The van der Waals surface area contributed by atoms with Gasteiger partial charge in [-0.25, -0.2) is 4.68 Å². The zero-order valence-corrected chi connectivity index (χ0v) is 18.5. The van der Waals surface area contributed by atoms with Crippen LogP contribution in [0.1, 0.15) is 48.3 Å². The first-order chi connectivity index (χ1) is 15.6. The van der Waals surface area contributed by atoms with E-state index < -0.39 is 0 Å². The summed E-state index contributed by atoms with van der Waals surface area (Å²) in [7, 11) is 0. The van der Waals surface area contributed by atoms with Gasteiger partial charge in [0.05, 0.1) is 6.54 Å². The minimum atomic E-state index is -0.296. The number of tetrazole rings is 1. The number of nitrogens with zero attached hydrogens (tertiary/aromatic N) is 5. The lowest BCUT2D eigenvalue weighted by Crippen LogP contribution is -2.40. The maximum atomic E-state index is 13.3. The van der Waals surface area contributed by atoms with Gasteiger partial charge in [-0.1, -0.05) is 49.4 Å². The summed E-state index contributed by atoms with van der Waals surface area (Å²) in [6, 6.07) is 18.0. The largest absolute Gasteiger partial charge is 0.322 e. The van der Waals surface area contributed by atoms with Crippen LogP contribution >= 0.6 is 0 Å². The minimum Gasteiger partial charge on any atom is -0.322 e. The molecule has 1 N–H and O–H groups in total. The molecule has 0 bridgehead atoms. The second kappa shape index (κ2) is 8.67. The molecule has 2 aromatic heterocycles. The van der Waals surface area contributed by atoms with E-state index >= 15 is 0 Å². The van der Waals surface area contributed by atoms with Gasteiger partial charge in [0.25, 0.3) is 5.56 Å². The van der Waals surface area contributed by atoms with E-state index in [1.807, 2.05) is 41.9 Å². The van der Waals surface area contributed by atoms with Crippen molar-refractivity contribution < 1.29 is 0 Å². The number of likely N-dealkylation sites (tertiary alicyclic amines) is 1. The Bertz CT molecular complexity index is 1270. The van der Waals surface area contributed by atoms with Crippen LogP contribution in [-0.4, -0.2) is 43.2 Å². The normalized spacial score (nSPS) is 16.4. The number of hydrogen-bond donors (Lipinski definition) is 1. The van der Waals surface area contributed by atoms with Crippen molar-refractivity contribution in [1.29, 1.82) is 0 Å². The van der Waals surface area contributed by atoms with Crippen LogP contribution in [0.3, 0.4) is 0 Å². The molecule has 32 heavy (non-hydrogen) atoms. The summed E-state index contributed by atoms with van der Waals surface area (Å²) in [5.74, 6) is 1.39. The van der Waals surface area contributed by atoms with Crippen molar-refractivity contribution in [2.45, 2.75) is 39.3 Å². The number of fused-ring (bicyclic) bond motifs is 1. The lowest BCUT2D eigenvalue weighted by Gasteiger charge is -2.35. The maximum Gasteiger partial charge on any atom is 0.253 e. The molecule has 0 amide bonds. The number of hydrogen-bond acceptors (Lipinski definition) is 5. The fourth-order valence-electron chi connectivity index (χ4n) is 4.60. The number of rotatable bonds is 5. The maximum absolute atomic E-state index is 13.3. The Morgan fingerprint density at radius 2 is 1.88 bits per heavy atom. The first-order valence-electron chi connectivity index (χ1n) is 11.3. The van der Waals surface area contributed by atoms with E-state index in [0.717, 1.165) is 48.0 Å². The Balaban J connectivity index is 1.61. The van der Waals surface area contributed by atoms with Crippen molar-refractivity contribution >= 4 is 10.9 Å². The summed E-state index contributed by atoms with van der Waals surface area (Å²) in [4.78, 5) is 18.8. The zero-order valence-electron chi connectivity index (χ0n) is 18.5. The van der Waals surface area contributed by atoms with Crippen molar-refractivity contribution in [2.24, 2.45) is 5.92 Å². The van der Waals surface area contributed by atoms with Gasteiger partial charge >= 0.3 is 0 Å². The standard InChI is InChI=1S/C25H28N6O/c1-17-10-12-30(13-11-17)23(21-15-20-9-8-18(2)14-22(20)26-25(21)32)24-27-28-29-31(24)16-19-6-4-3-5-7-19/h3-9,14-15,17,23H,10-13,16H2,1-2H3,(H,26,32). The number of aromatic nitrogens is 5. The Hall–Kier alpha value is -3.32. The fourth-order valence-corrected chi connectivity index (χ4v) is 4.60. The molecule has 4 aromatic rings. The third kappa shape index (κ3) is 4.08. The summed E-state index contributed by atoms with van der Waals surface area (Å²) in [6.07, 6.45) is 2.20. The van der Waals surface area contributed by atoms with Gasteiger partial charge in [-0.15, -0.1) is 5.10 Å². The molecule has 0 spiro atoms. The summed E-state index contributed by atoms with van der Waals surface area (Å²) in [6.45, 7) is 6.71. The van der Waals surface area contributed by atoms with Gasteiger partial charge in [0.15, 0.2) is 5.82 Å². The van der Waals surface area contributed by atoms with Gasteiger partial charge < -0.3 is 4.98 Å². The van der Waals surface area contributed by atoms with Crippen molar-refractivity contribution in [3.8, 4) is 0 Å². The number of aryl methyl sites for hydroxylation is 1. The van der Waals surface area contributed by atoms with Crippen molar-refractivity contribution in [3.05, 3.63) is 87.5 Å². The predicted octanol–water partition coefficient (Wildman–Crippen LogP) is 3.69. The van der Waals surface area contributed by atoms with E-state index in [1.54, 1.807) is 0 Å². The van der Waals surface area contributed by atoms with E-state index in [-0.39, 0.29) is 11.6 Å². The summed E-state index contributed by atoms with van der Waals surface area (Å²) >= 11 is 0. The van der Waals surface area contributed by atoms with E-state index in [4.69, 9.17) is 0 Å². The lowest BCUT2D eigenvalue weighted by molar-refractivity contribution is 0.149. The molecule has 5 rings (SSSR count). The Labute approximate surface area is 187 Å². The predicted molar refractivity (Wildman–Crippen MR) is 124 cm³/mol. The molecule has 2 aromatic carbocycles. The highest BCUT2D eigenvalue weighted by molar-refractivity contribution is 5.79. The fraction of sp³-hybridized carbons (Fsp3) is 0.360. The Morgan fingerprint density at radius 3 is 2.66 bits per heavy atom. The summed E-state index contributed by atoms with van der Waals surface area (Å²) in [5, 5.41) is 13.7. The van der Waals surface area contributed by atoms with Gasteiger partial charge in [0.1, 0.15) is 6.04 Å². The van der Waals surface area contributed by atoms with Crippen LogP contribution in [0.25, 0.3) is 10.9 Å². The molecule has 1 aliphatic rings. The quantitative estimate of drug-likeness (QED) is 0.524. The third-order valence-corrected chi connectivity index (χ3v) is 6.49. The van der Waals surface area contributed by atoms with Gasteiger partial charge in [-0.05, 0) is 77.8 Å². The number of H-pyrrole nitrogens is 1. The minimum absolute atomic E-state index is 0.0824. The highest BCUT2D eigenvalue weighted by atomic mass is 16.1. The average molecular weight is 429 g/mol. The molecule has 164 valence electrons. The highest BCUT2D eigenvalue weighted by Gasteiger charge is 2.32. The second-order valence-corrected chi connectivity index (χ2v) is 8.95. The lowest BCUT2D eigenvalue weighted by atomic mass is 9.95. The number of piperidine rings is 1. The molecule has 0 saturated carbocycles. The molecule has 1 fully saturated rings. The average Bonchev–Trinajstić information content (AvgIpc) is 3.24. The Kier molecular flexibility index (Phi) is 5.57. The van der Waals surface area contributed by atoms with Crippen LogP contribution in [0, 0.1) is 12.8 Å². The van der Waals surface area contributed by atoms with Crippen molar-refractivity contribution in [1.82, 2.24) is 30.1 Å². The highest BCUT2D eigenvalue weighted by Crippen LogP contribution is 2.31. The smallest absolute Gasteiger partial charge is 0.253 e. The molecule has 1 unspecified atom stereocenters. The van der Waals surface area contributed by atoms with E-state index in [9.17, 15) is 4.79 Å². The molecular weight excluding hydrogens is 400 g/mol. The van der Waals surface area contributed by atoms with E-state index in [2.05, 4.69) is 56.6 Å². The van der Waals surface area contributed by atoms with Crippen LogP contribution in [0.15, 0.2) is 59.4 Å². The van der Waals surface area contributed by atoms with E-state index in [1.165, 1.54) is 0 Å². The topological polar surface area (TPSA) is 79.7 Å². The molecule has 1 saturated heterocycles. The van der Waals surface area contributed by atoms with Gasteiger partial charge in [0.2, 0.25) is 0 Å². The van der Waals surface area contributed by atoms with Crippen LogP contribution in [0.4, 0.5) is 0 Å².